The van der Waals surface area contributed by atoms with E-state index in [2.05, 4.69) is 39.2 Å². The minimum atomic E-state index is -5.15. The molecule has 2 aromatic carbocycles. The van der Waals surface area contributed by atoms with Gasteiger partial charge in [-0.3, -0.25) is 4.79 Å². The molecule has 0 aliphatic rings. The largest absolute Gasteiger partial charge is 0.544 e. The second-order valence-corrected chi connectivity index (χ2v) is 15.0. The molecule has 2 rings (SSSR count). The lowest BCUT2D eigenvalue weighted by Gasteiger charge is -2.36. The maximum absolute atomic E-state index is 14.4. The van der Waals surface area contributed by atoms with Crippen LogP contribution < -0.4 is 9.74 Å². The molecule has 1 N–H and O–H groups in total. The highest BCUT2D eigenvalue weighted by molar-refractivity contribution is 6.74. The zero-order valence-electron chi connectivity index (χ0n) is 22.9. The molecule has 0 heterocycles. The number of esters is 1. The van der Waals surface area contributed by atoms with Crippen molar-refractivity contribution in [2.24, 2.45) is 0 Å². The Balaban J connectivity index is 2.46. The van der Waals surface area contributed by atoms with Crippen LogP contribution in [0.1, 0.15) is 38.0 Å². The molecule has 11 heteroatoms. The maximum Gasteiger partial charge on any atom is 0.430 e. The topological polar surface area (TPSA) is 83.1 Å². The van der Waals surface area contributed by atoms with Crippen molar-refractivity contribution < 1.29 is 41.4 Å². The van der Waals surface area contributed by atoms with Gasteiger partial charge in [0.15, 0.2) is 6.04 Å². The van der Waals surface area contributed by atoms with Gasteiger partial charge in [-0.15, -0.1) is 0 Å². The van der Waals surface area contributed by atoms with Gasteiger partial charge in [0, 0.05) is 19.8 Å². The molecule has 1 amide bonds. The van der Waals surface area contributed by atoms with E-state index in [9.17, 15) is 22.8 Å². The van der Waals surface area contributed by atoms with Crippen LogP contribution in [0.5, 0.6) is 5.75 Å². The molecule has 3 atom stereocenters. The number of hydrogen-bond donors (Lipinski definition) is 1. The van der Waals surface area contributed by atoms with E-state index in [1.165, 1.54) is 25.3 Å². The number of alkyl halides is 3. The van der Waals surface area contributed by atoms with Crippen LogP contribution >= 0.6 is 0 Å². The third-order valence-electron chi connectivity index (χ3n) is 6.89. The number of ether oxygens (including phenoxy) is 3. The van der Waals surface area contributed by atoms with E-state index in [1.807, 2.05) is 0 Å². The number of rotatable bonds is 10. The van der Waals surface area contributed by atoms with E-state index in [-0.39, 0.29) is 5.04 Å². The van der Waals surface area contributed by atoms with Crippen molar-refractivity contribution in [2.45, 2.75) is 62.8 Å². The van der Waals surface area contributed by atoms with Crippen molar-refractivity contribution in [3.63, 3.8) is 0 Å². The Hall–Kier alpha value is -2.89. The van der Waals surface area contributed by atoms with E-state index in [1.54, 1.807) is 24.3 Å². The van der Waals surface area contributed by atoms with E-state index >= 15 is 0 Å². The molecule has 0 aliphatic heterocycles. The quantitative estimate of drug-likeness (QED) is 0.307. The number of benzene rings is 2. The second-order valence-electron chi connectivity index (χ2n) is 10.3. The van der Waals surface area contributed by atoms with Crippen LogP contribution in [-0.2, 0) is 29.4 Å². The predicted molar refractivity (Wildman–Crippen MR) is 139 cm³/mol. The van der Waals surface area contributed by atoms with E-state index in [4.69, 9.17) is 18.6 Å². The molecule has 0 saturated heterocycles. The van der Waals surface area contributed by atoms with Crippen molar-refractivity contribution in [1.29, 1.82) is 0 Å². The summed E-state index contributed by atoms with van der Waals surface area (Å²) in [5, 5.41) is 2.14. The van der Waals surface area contributed by atoms with E-state index < -0.39 is 49.7 Å². The normalized spacial score (nSPS) is 15.7. The monoisotopic (exact) mass is 555 g/mol. The van der Waals surface area contributed by atoms with Crippen molar-refractivity contribution in [3.05, 3.63) is 65.7 Å². The molecule has 210 valence electrons. The Kier molecular flexibility index (Phi) is 9.79. The molecule has 38 heavy (non-hydrogen) atoms. The lowest BCUT2D eigenvalue weighted by Crippen LogP contribution is -2.59. The van der Waals surface area contributed by atoms with E-state index in [0.717, 1.165) is 26.4 Å². The average Bonchev–Trinajstić information content (AvgIpc) is 2.84. The Morgan fingerprint density at radius 1 is 0.895 bits per heavy atom. The first-order valence-corrected chi connectivity index (χ1v) is 14.8. The van der Waals surface area contributed by atoms with Gasteiger partial charge in [0.25, 0.3) is 11.5 Å². The summed E-state index contributed by atoms with van der Waals surface area (Å²) in [6.07, 6.45) is -6.33. The summed E-state index contributed by atoms with van der Waals surface area (Å²) < 4.78 is 64.5. The molecular formula is C27H36F3NO6Si. The Bertz CT molecular complexity index is 1090. The van der Waals surface area contributed by atoms with Gasteiger partial charge in [-0.1, -0.05) is 63.2 Å². The molecule has 0 aromatic heterocycles. The average molecular weight is 556 g/mol. The first kappa shape index (κ1) is 31.3. The summed E-state index contributed by atoms with van der Waals surface area (Å²) in [4.78, 5) is 26.0. The molecular weight excluding hydrogens is 519 g/mol. The van der Waals surface area contributed by atoms with Gasteiger partial charge in [-0.25, -0.2) is 4.79 Å². The zero-order chi connectivity index (χ0) is 28.9. The predicted octanol–water partition coefficient (Wildman–Crippen LogP) is 5.52. The van der Waals surface area contributed by atoms with Crippen LogP contribution in [-0.4, -0.2) is 53.7 Å². The number of halogens is 3. The zero-order valence-corrected chi connectivity index (χ0v) is 23.9. The SMILES string of the molecule is COC(=O)[C@H](NC(=O)[C@](OC)(c1ccccc1)C(F)(F)F)[C@H](OC)c1ccc(O[Si](C)(C)C(C)(C)C)cc1. The summed E-state index contributed by atoms with van der Waals surface area (Å²) in [6, 6.07) is 11.5. The van der Waals surface area contributed by atoms with Crippen molar-refractivity contribution in [1.82, 2.24) is 5.32 Å². The molecule has 0 saturated carbocycles. The molecule has 0 spiro atoms. The van der Waals surface area contributed by atoms with Gasteiger partial charge < -0.3 is 24.0 Å². The summed E-state index contributed by atoms with van der Waals surface area (Å²) in [5.41, 5.74) is -3.41. The molecule has 7 nitrogen and oxygen atoms in total. The fourth-order valence-electron chi connectivity index (χ4n) is 3.69. The minimum absolute atomic E-state index is 0.0356. The van der Waals surface area contributed by atoms with Crippen molar-refractivity contribution in [3.8, 4) is 5.75 Å². The van der Waals surface area contributed by atoms with Gasteiger partial charge in [0.2, 0.25) is 8.32 Å². The molecule has 0 aliphatic carbocycles. The van der Waals surface area contributed by atoms with Crippen LogP contribution in [0.2, 0.25) is 18.1 Å². The van der Waals surface area contributed by atoms with Gasteiger partial charge >= 0.3 is 12.1 Å². The van der Waals surface area contributed by atoms with Crippen LogP contribution in [0.4, 0.5) is 13.2 Å². The fraction of sp³-hybridized carbons (Fsp3) is 0.481. The van der Waals surface area contributed by atoms with Gasteiger partial charge in [-0.05, 0) is 35.8 Å². The second kappa shape index (κ2) is 11.9. The van der Waals surface area contributed by atoms with Gasteiger partial charge in [0.05, 0.1) is 7.11 Å². The number of carbonyl (C=O) groups excluding carboxylic acids is 2. The summed E-state index contributed by atoms with van der Waals surface area (Å²) in [6.45, 7) is 10.5. The Morgan fingerprint density at radius 3 is 1.87 bits per heavy atom. The smallest absolute Gasteiger partial charge is 0.430 e. The highest BCUT2D eigenvalue weighted by atomic mass is 28.4. The third kappa shape index (κ3) is 6.39. The maximum atomic E-state index is 14.4. The highest BCUT2D eigenvalue weighted by Gasteiger charge is 2.63. The first-order chi connectivity index (χ1) is 17.6. The number of amides is 1. The standard InChI is InChI=1S/C27H36F3NO6Si/c1-25(2,3)38(7,8)37-20-16-14-18(15-17-20)22(34-4)21(23(32)35-5)31-24(33)26(36-6,27(28,29)30)19-12-10-9-11-13-19/h9-17,21-22H,1-8H3,(H,31,33)/t21-,22-,26-/m1/s1. The van der Waals surface area contributed by atoms with Gasteiger partial charge in [0.1, 0.15) is 11.9 Å². The third-order valence-corrected chi connectivity index (χ3v) is 11.3. The number of nitrogens with one attached hydrogen (secondary N) is 1. The lowest BCUT2D eigenvalue weighted by molar-refractivity contribution is -0.266. The van der Waals surface area contributed by atoms with Crippen LogP contribution in [0, 0.1) is 0 Å². The number of carbonyl (C=O) groups is 2. The lowest BCUT2D eigenvalue weighted by atomic mass is 9.90. The summed E-state index contributed by atoms with van der Waals surface area (Å²) in [7, 11) is 0.995. The molecule has 0 fully saturated rings. The molecule has 0 radical (unpaired) electrons. The summed E-state index contributed by atoms with van der Waals surface area (Å²) in [5.74, 6) is -1.98. The summed E-state index contributed by atoms with van der Waals surface area (Å²) >= 11 is 0. The molecule has 0 bridgehead atoms. The molecule has 0 unspecified atom stereocenters. The Morgan fingerprint density at radius 2 is 1.45 bits per heavy atom. The number of methoxy groups -OCH3 is 3. The first-order valence-electron chi connectivity index (χ1n) is 11.9. The van der Waals surface area contributed by atoms with Crippen LogP contribution in [0.3, 0.4) is 0 Å². The van der Waals surface area contributed by atoms with Gasteiger partial charge in [-0.2, -0.15) is 13.2 Å². The molecule has 2 aromatic rings. The fourth-order valence-corrected chi connectivity index (χ4v) is 4.72. The number of hydrogen-bond acceptors (Lipinski definition) is 6. The minimum Gasteiger partial charge on any atom is -0.544 e. The van der Waals surface area contributed by atoms with Crippen LogP contribution in [0.15, 0.2) is 54.6 Å². The van der Waals surface area contributed by atoms with Crippen molar-refractivity contribution in [2.75, 3.05) is 21.3 Å². The van der Waals surface area contributed by atoms with Crippen molar-refractivity contribution >= 4 is 20.2 Å². The highest BCUT2D eigenvalue weighted by Crippen LogP contribution is 2.43. The van der Waals surface area contributed by atoms with Crippen LogP contribution in [0.25, 0.3) is 0 Å². The van der Waals surface area contributed by atoms with E-state index in [0.29, 0.717) is 11.3 Å². The Labute approximate surface area is 222 Å².